The lowest BCUT2D eigenvalue weighted by molar-refractivity contribution is -0.326. The highest BCUT2D eigenvalue weighted by Gasteiger charge is 2.77. The van der Waals surface area contributed by atoms with E-state index >= 15 is 0 Å². The van der Waals surface area contributed by atoms with E-state index in [1.165, 1.54) is 6.42 Å². The number of rotatable bonds is 6. The van der Waals surface area contributed by atoms with E-state index in [2.05, 4.69) is 13.8 Å². The molecule has 1 N–H and O–H groups in total. The van der Waals surface area contributed by atoms with Gasteiger partial charge in [-0.3, -0.25) is 0 Å². The van der Waals surface area contributed by atoms with Gasteiger partial charge in [0, 0.05) is 24.7 Å². The first-order valence-corrected chi connectivity index (χ1v) is 8.74. The Kier molecular flexibility index (Phi) is 3.00. The predicted molar refractivity (Wildman–Crippen MR) is 75.9 cm³/mol. The van der Waals surface area contributed by atoms with Gasteiger partial charge < -0.3 is 14.6 Å². The molecule has 3 nitrogen and oxygen atoms in total. The number of unbranched alkanes of at least 4 members (excludes halogenated alkanes) is 2. The molecule has 3 heteroatoms. The van der Waals surface area contributed by atoms with Crippen LogP contribution in [0.3, 0.4) is 0 Å². The van der Waals surface area contributed by atoms with E-state index in [9.17, 15) is 5.11 Å². The fraction of sp³-hybridized carbons (Fsp3) is 1.00. The van der Waals surface area contributed by atoms with Crippen LogP contribution in [0.5, 0.6) is 0 Å². The molecule has 114 valence electrons. The largest absolute Gasteiger partial charge is 0.365 e. The van der Waals surface area contributed by atoms with Gasteiger partial charge in [-0.25, -0.2) is 0 Å². The van der Waals surface area contributed by atoms with Crippen LogP contribution >= 0.6 is 0 Å². The maximum Gasteiger partial charge on any atom is 0.175 e. The van der Waals surface area contributed by atoms with Gasteiger partial charge >= 0.3 is 0 Å². The van der Waals surface area contributed by atoms with Crippen LogP contribution in [0, 0.1) is 23.7 Å². The van der Waals surface area contributed by atoms with Gasteiger partial charge in [-0.2, -0.15) is 0 Å². The molecule has 0 aromatic heterocycles. The Balaban J connectivity index is 1.65. The van der Waals surface area contributed by atoms with Crippen molar-refractivity contribution in [2.75, 3.05) is 0 Å². The standard InChI is InChI=1S/C17H28O3/c1-3-5-7-16(18)14-11-9-12-13(10-11)19-17(20-16,15(12)14)8-6-4-2/h11-15,18H,3-10H2,1-2H3/t11-,12+,13-,14-,15-,16+,17+/m1/s1. The summed E-state index contributed by atoms with van der Waals surface area (Å²) in [5, 5.41) is 11.2. The summed E-state index contributed by atoms with van der Waals surface area (Å²) in [6.07, 6.45) is 9.08. The van der Waals surface area contributed by atoms with Crippen molar-refractivity contribution >= 4 is 0 Å². The van der Waals surface area contributed by atoms with Crippen LogP contribution in [0.4, 0.5) is 0 Å². The Hall–Kier alpha value is -0.120. The van der Waals surface area contributed by atoms with Gasteiger partial charge in [0.05, 0.1) is 6.10 Å². The molecule has 2 saturated carbocycles. The average Bonchev–Trinajstić information content (AvgIpc) is 3.07. The molecule has 4 fully saturated rings. The molecule has 0 radical (unpaired) electrons. The molecule has 4 aliphatic rings. The normalized spacial score (nSPS) is 55.0. The lowest BCUT2D eigenvalue weighted by Crippen LogP contribution is -2.43. The van der Waals surface area contributed by atoms with Crippen molar-refractivity contribution in [2.45, 2.75) is 82.9 Å². The highest BCUT2D eigenvalue weighted by Crippen LogP contribution is 2.71. The third-order valence-corrected chi connectivity index (χ3v) is 6.44. The molecule has 7 atom stereocenters. The van der Waals surface area contributed by atoms with Gasteiger partial charge in [0.1, 0.15) is 0 Å². The Bertz CT molecular complexity index is 396. The van der Waals surface area contributed by atoms with Gasteiger partial charge in [0.2, 0.25) is 0 Å². The summed E-state index contributed by atoms with van der Waals surface area (Å²) in [6.45, 7) is 4.40. The third kappa shape index (κ3) is 1.57. The molecule has 2 heterocycles. The second kappa shape index (κ2) is 4.44. The molecule has 0 aromatic rings. The molecule has 0 spiro atoms. The number of aliphatic hydroxyl groups is 1. The fourth-order valence-electron chi connectivity index (χ4n) is 5.83. The maximum absolute atomic E-state index is 11.2. The van der Waals surface area contributed by atoms with Crippen molar-refractivity contribution in [1.82, 2.24) is 0 Å². The summed E-state index contributed by atoms with van der Waals surface area (Å²) < 4.78 is 12.7. The molecule has 0 unspecified atom stereocenters. The van der Waals surface area contributed by atoms with Crippen LogP contribution in [0.1, 0.15) is 65.2 Å². The van der Waals surface area contributed by atoms with Crippen LogP contribution in [0.25, 0.3) is 0 Å². The fourth-order valence-corrected chi connectivity index (χ4v) is 5.83. The quantitative estimate of drug-likeness (QED) is 0.810. The Morgan fingerprint density at radius 3 is 2.55 bits per heavy atom. The van der Waals surface area contributed by atoms with Gasteiger partial charge in [-0.05, 0) is 37.5 Å². The predicted octanol–water partition coefficient (Wildman–Crippen LogP) is 3.45. The van der Waals surface area contributed by atoms with E-state index in [-0.39, 0.29) is 0 Å². The molecule has 0 amide bonds. The summed E-state index contributed by atoms with van der Waals surface area (Å²) in [5.74, 6) is 0.776. The summed E-state index contributed by atoms with van der Waals surface area (Å²) in [6, 6.07) is 0. The van der Waals surface area contributed by atoms with Crippen molar-refractivity contribution in [3.8, 4) is 0 Å². The minimum atomic E-state index is -0.904. The Morgan fingerprint density at radius 1 is 1.05 bits per heavy atom. The van der Waals surface area contributed by atoms with Gasteiger partial charge in [-0.1, -0.05) is 26.7 Å². The minimum Gasteiger partial charge on any atom is -0.365 e. The van der Waals surface area contributed by atoms with Crippen LogP contribution in [0.15, 0.2) is 0 Å². The van der Waals surface area contributed by atoms with E-state index in [1.54, 1.807) is 0 Å². The number of ether oxygens (including phenoxy) is 2. The second-order valence-corrected chi connectivity index (χ2v) is 7.57. The first kappa shape index (κ1) is 13.5. The van der Waals surface area contributed by atoms with Crippen molar-refractivity contribution in [2.24, 2.45) is 23.7 Å². The van der Waals surface area contributed by atoms with Gasteiger partial charge in [0.25, 0.3) is 0 Å². The summed E-state index contributed by atoms with van der Waals surface area (Å²) in [5.41, 5.74) is 0. The van der Waals surface area contributed by atoms with Crippen molar-refractivity contribution in [1.29, 1.82) is 0 Å². The van der Waals surface area contributed by atoms with Crippen molar-refractivity contribution < 1.29 is 14.6 Å². The lowest BCUT2D eigenvalue weighted by Gasteiger charge is -2.36. The third-order valence-electron chi connectivity index (χ3n) is 6.44. The number of hydrogen-bond acceptors (Lipinski definition) is 3. The number of hydrogen-bond donors (Lipinski definition) is 1. The topological polar surface area (TPSA) is 38.7 Å². The highest BCUT2D eigenvalue weighted by atomic mass is 16.8. The molecule has 4 rings (SSSR count). The van der Waals surface area contributed by atoms with Gasteiger partial charge in [0.15, 0.2) is 11.6 Å². The smallest absolute Gasteiger partial charge is 0.175 e. The monoisotopic (exact) mass is 280 g/mol. The number of fused-ring (bicyclic) bond motifs is 2. The lowest BCUT2D eigenvalue weighted by atomic mass is 9.73. The van der Waals surface area contributed by atoms with E-state index in [4.69, 9.17) is 9.47 Å². The Morgan fingerprint density at radius 2 is 1.80 bits per heavy atom. The van der Waals surface area contributed by atoms with E-state index in [0.717, 1.165) is 44.9 Å². The van der Waals surface area contributed by atoms with Crippen LogP contribution in [0.2, 0.25) is 0 Å². The van der Waals surface area contributed by atoms with E-state index in [1.807, 2.05) is 0 Å². The van der Waals surface area contributed by atoms with Crippen LogP contribution in [-0.2, 0) is 9.47 Å². The SMILES string of the molecule is CCCC[C@@]12O[C@@H]3C[C@H]4C[C@@H]3[C@@H]1[C@@H]4[C@](O)(CCCC)O2. The molecule has 2 saturated heterocycles. The first-order valence-electron chi connectivity index (χ1n) is 8.74. The average molecular weight is 280 g/mol. The molecule has 2 aliphatic heterocycles. The zero-order valence-corrected chi connectivity index (χ0v) is 12.8. The zero-order valence-electron chi connectivity index (χ0n) is 12.8. The van der Waals surface area contributed by atoms with E-state index < -0.39 is 11.6 Å². The molecule has 20 heavy (non-hydrogen) atoms. The molecular formula is C17H28O3. The van der Waals surface area contributed by atoms with Gasteiger partial charge in [-0.15, -0.1) is 0 Å². The highest BCUT2D eigenvalue weighted by molar-refractivity contribution is 5.18. The summed E-state index contributed by atoms with van der Waals surface area (Å²) in [4.78, 5) is 0. The van der Waals surface area contributed by atoms with Crippen LogP contribution < -0.4 is 0 Å². The zero-order chi connectivity index (χ0) is 14.0. The van der Waals surface area contributed by atoms with Crippen LogP contribution in [-0.4, -0.2) is 22.8 Å². The van der Waals surface area contributed by atoms with Crippen molar-refractivity contribution in [3.63, 3.8) is 0 Å². The van der Waals surface area contributed by atoms with Crippen molar-refractivity contribution in [3.05, 3.63) is 0 Å². The first-order chi connectivity index (χ1) is 9.63. The Labute approximate surface area is 122 Å². The van der Waals surface area contributed by atoms with E-state index in [0.29, 0.717) is 29.8 Å². The maximum atomic E-state index is 11.2. The minimum absolute atomic E-state index is 0.342. The summed E-state index contributed by atoms with van der Waals surface area (Å²) in [7, 11) is 0. The molecule has 2 aliphatic carbocycles. The molecule has 2 bridgehead atoms. The molecule has 0 aromatic carbocycles. The second-order valence-electron chi connectivity index (χ2n) is 7.57. The molecular weight excluding hydrogens is 252 g/mol. The summed E-state index contributed by atoms with van der Waals surface area (Å²) >= 11 is 0.